The highest BCUT2D eigenvalue weighted by molar-refractivity contribution is 5.69. The predicted octanol–water partition coefficient (Wildman–Crippen LogP) is 3.53. The molecule has 0 saturated carbocycles. The van der Waals surface area contributed by atoms with Gasteiger partial charge in [-0.1, -0.05) is 33.6 Å². The molecule has 1 aliphatic rings. The first-order valence-electron chi connectivity index (χ1n) is 8.01. The van der Waals surface area contributed by atoms with Crippen molar-refractivity contribution in [2.75, 3.05) is 13.2 Å². The van der Waals surface area contributed by atoms with Gasteiger partial charge in [-0.25, -0.2) is 0 Å². The van der Waals surface area contributed by atoms with Gasteiger partial charge in [-0.15, -0.1) is 0 Å². The number of unbranched alkanes of at least 4 members (excludes halogenated alkanes) is 1. The van der Waals surface area contributed by atoms with E-state index in [4.69, 9.17) is 14.2 Å². The molecule has 0 N–H and O–H groups in total. The number of carbonyl (C=O) groups excluding carboxylic acids is 1. The number of esters is 1. The molecule has 0 spiro atoms. The number of hydrogen-bond acceptors (Lipinski definition) is 4. The number of carbonyl (C=O) groups is 1. The Morgan fingerprint density at radius 1 is 1.20 bits per heavy atom. The molecule has 0 radical (unpaired) electrons. The maximum absolute atomic E-state index is 11.5. The highest BCUT2D eigenvalue weighted by Gasteiger charge is 2.31. The Hall–Kier alpha value is -0.610. The Labute approximate surface area is 123 Å². The second-order valence-corrected chi connectivity index (χ2v) is 5.85. The van der Waals surface area contributed by atoms with Gasteiger partial charge < -0.3 is 14.2 Å². The molecule has 0 aromatic rings. The minimum atomic E-state index is -0.252. The lowest BCUT2D eigenvalue weighted by Crippen LogP contribution is -2.40. The molecule has 0 aromatic heterocycles. The summed E-state index contributed by atoms with van der Waals surface area (Å²) in [5.41, 5.74) is 0. The van der Waals surface area contributed by atoms with Crippen LogP contribution in [0.3, 0.4) is 0 Å². The second kappa shape index (κ2) is 9.35. The van der Waals surface area contributed by atoms with Gasteiger partial charge in [0.05, 0.1) is 13.2 Å². The summed E-state index contributed by atoms with van der Waals surface area (Å²) < 4.78 is 17.0. The third-order valence-corrected chi connectivity index (χ3v) is 3.90. The molecular weight excluding hydrogens is 256 g/mol. The normalized spacial score (nSPS) is 26.0. The Kier molecular flexibility index (Phi) is 8.15. The van der Waals surface area contributed by atoms with E-state index in [0.717, 1.165) is 19.6 Å². The van der Waals surface area contributed by atoms with Gasteiger partial charge in [0.2, 0.25) is 0 Å². The fourth-order valence-corrected chi connectivity index (χ4v) is 2.32. The van der Waals surface area contributed by atoms with E-state index in [2.05, 4.69) is 6.92 Å². The van der Waals surface area contributed by atoms with Crippen LogP contribution in [-0.2, 0) is 19.0 Å². The first kappa shape index (κ1) is 17.4. The standard InChI is InChI=1S/C16H30O4/c1-5-7-9-14-10-18-16(19-11-14)12(3)13(4)20-15(17)8-6-2/h12-14,16H,5-11H2,1-4H3. The van der Waals surface area contributed by atoms with Crippen LogP contribution in [0.2, 0.25) is 0 Å². The van der Waals surface area contributed by atoms with Crippen molar-refractivity contribution in [1.29, 1.82) is 0 Å². The largest absolute Gasteiger partial charge is 0.462 e. The van der Waals surface area contributed by atoms with Crippen molar-refractivity contribution in [2.24, 2.45) is 11.8 Å². The van der Waals surface area contributed by atoms with Gasteiger partial charge in [-0.3, -0.25) is 4.79 Å². The van der Waals surface area contributed by atoms with Crippen molar-refractivity contribution in [2.45, 2.75) is 72.2 Å². The molecule has 0 aromatic carbocycles. The van der Waals surface area contributed by atoms with E-state index < -0.39 is 0 Å². The Morgan fingerprint density at radius 2 is 1.85 bits per heavy atom. The maximum Gasteiger partial charge on any atom is 0.306 e. The molecule has 1 heterocycles. The predicted molar refractivity (Wildman–Crippen MR) is 78.3 cm³/mol. The van der Waals surface area contributed by atoms with E-state index in [1.165, 1.54) is 19.3 Å². The van der Waals surface area contributed by atoms with Crippen LogP contribution in [0.15, 0.2) is 0 Å². The molecule has 0 bridgehead atoms. The molecule has 0 amide bonds. The maximum atomic E-state index is 11.5. The first-order valence-corrected chi connectivity index (χ1v) is 8.01. The molecule has 1 aliphatic heterocycles. The monoisotopic (exact) mass is 286 g/mol. The van der Waals surface area contributed by atoms with E-state index in [9.17, 15) is 4.79 Å². The molecule has 1 fully saturated rings. The van der Waals surface area contributed by atoms with Gasteiger partial charge in [0.15, 0.2) is 6.29 Å². The van der Waals surface area contributed by atoms with Crippen LogP contribution in [-0.4, -0.2) is 31.6 Å². The van der Waals surface area contributed by atoms with Crippen molar-refractivity contribution < 1.29 is 19.0 Å². The zero-order valence-electron chi connectivity index (χ0n) is 13.4. The van der Waals surface area contributed by atoms with E-state index in [1.54, 1.807) is 0 Å². The Bertz CT molecular complexity index is 272. The van der Waals surface area contributed by atoms with Gasteiger partial charge in [-0.05, 0) is 19.8 Å². The van der Waals surface area contributed by atoms with Gasteiger partial charge in [0.1, 0.15) is 6.10 Å². The SMILES string of the molecule is CCCCC1COC(C(C)C(C)OC(=O)CCC)OC1. The summed E-state index contributed by atoms with van der Waals surface area (Å²) in [6.07, 6.45) is 4.46. The van der Waals surface area contributed by atoms with Crippen LogP contribution in [0.1, 0.15) is 59.8 Å². The minimum Gasteiger partial charge on any atom is -0.462 e. The molecule has 4 nitrogen and oxygen atoms in total. The average molecular weight is 286 g/mol. The fraction of sp³-hybridized carbons (Fsp3) is 0.938. The molecule has 0 aliphatic carbocycles. The lowest BCUT2D eigenvalue weighted by Gasteiger charge is -2.34. The second-order valence-electron chi connectivity index (χ2n) is 5.85. The Balaban J connectivity index is 2.30. The minimum absolute atomic E-state index is 0.0583. The van der Waals surface area contributed by atoms with Gasteiger partial charge >= 0.3 is 5.97 Å². The zero-order valence-corrected chi connectivity index (χ0v) is 13.4. The zero-order chi connectivity index (χ0) is 15.0. The summed E-state index contributed by atoms with van der Waals surface area (Å²) in [5.74, 6) is 0.433. The summed E-state index contributed by atoms with van der Waals surface area (Å²) in [4.78, 5) is 11.5. The smallest absolute Gasteiger partial charge is 0.306 e. The van der Waals surface area contributed by atoms with Crippen LogP contribution in [0, 0.1) is 11.8 Å². The van der Waals surface area contributed by atoms with E-state index in [0.29, 0.717) is 12.3 Å². The lowest BCUT2D eigenvalue weighted by molar-refractivity contribution is -0.236. The summed E-state index contributed by atoms with van der Waals surface area (Å²) in [6, 6.07) is 0. The molecule has 1 saturated heterocycles. The first-order chi connectivity index (χ1) is 9.58. The molecule has 2 atom stereocenters. The van der Waals surface area contributed by atoms with Crippen LogP contribution in [0.5, 0.6) is 0 Å². The van der Waals surface area contributed by atoms with Crippen LogP contribution in [0.4, 0.5) is 0 Å². The average Bonchev–Trinajstić information content (AvgIpc) is 2.45. The van der Waals surface area contributed by atoms with Gasteiger partial charge in [0, 0.05) is 18.3 Å². The number of rotatable bonds is 8. The van der Waals surface area contributed by atoms with Crippen molar-refractivity contribution >= 4 is 5.97 Å². The quantitative estimate of drug-likeness (QED) is 0.640. The van der Waals surface area contributed by atoms with E-state index in [1.807, 2.05) is 20.8 Å². The van der Waals surface area contributed by atoms with Crippen molar-refractivity contribution in [3.8, 4) is 0 Å². The highest BCUT2D eigenvalue weighted by atomic mass is 16.7. The third-order valence-electron chi connectivity index (χ3n) is 3.90. The van der Waals surface area contributed by atoms with Crippen LogP contribution in [0.25, 0.3) is 0 Å². The van der Waals surface area contributed by atoms with Gasteiger partial charge in [-0.2, -0.15) is 0 Å². The van der Waals surface area contributed by atoms with Crippen LogP contribution >= 0.6 is 0 Å². The topological polar surface area (TPSA) is 44.8 Å². The van der Waals surface area contributed by atoms with Crippen molar-refractivity contribution in [1.82, 2.24) is 0 Å². The third kappa shape index (κ3) is 5.80. The van der Waals surface area contributed by atoms with Crippen molar-refractivity contribution in [3.05, 3.63) is 0 Å². The summed E-state index contributed by atoms with van der Waals surface area (Å²) >= 11 is 0. The molecule has 2 unspecified atom stereocenters. The molecule has 4 heteroatoms. The van der Waals surface area contributed by atoms with Gasteiger partial charge in [0.25, 0.3) is 0 Å². The fourth-order valence-electron chi connectivity index (χ4n) is 2.32. The number of ether oxygens (including phenoxy) is 3. The summed E-state index contributed by atoms with van der Waals surface area (Å²) in [7, 11) is 0. The molecule has 20 heavy (non-hydrogen) atoms. The molecule has 1 rings (SSSR count). The Morgan fingerprint density at radius 3 is 2.40 bits per heavy atom. The molecular formula is C16H30O4. The summed E-state index contributed by atoms with van der Waals surface area (Å²) in [5, 5.41) is 0. The highest BCUT2D eigenvalue weighted by Crippen LogP contribution is 2.24. The van der Waals surface area contributed by atoms with Crippen molar-refractivity contribution in [3.63, 3.8) is 0 Å². The molecule has 118 valence electrons. The lowest BCUT2D eigenvalue weighted by atomic mass is 10.0. The van der Waals surface area contributed by atoms with Crippen LogP contribution < -0.4 is 0 Å². The number of hydrogen-bond donors (Lipinski definition) is 0. The summed E-state index contributed by atoms with van der Waals surface area (Å²) in [6.45, 7) is 9.60. The van der Waals surface area contributed by atoms with E-state index in [-0.39, 0.29) is 24.3 Å². The van der Waals surface area contributed by atoms with E-state index >= 15 is 0 Å².